The number of halogens is 1. The molecule has 3 rings (SSSR count). The first kappa shape index (κ1) is 28.4. The molecule has 0 aromatic carbocycles. The standard InChI is InChI=1S/C26H38BrNO6S/c1-14-7-6-8-18-20(33-18)10-19(15(2)9-17-13-35-22(12-27)28-17)34-23(30)11-21(29)26(4,5)25(32)16(3)24(14)31/h9,13-14,16,18-21,24,29,31H,6-8,10-12H2,1-5H3/t14-,16+,18+,19-,20-,21-,24-/m0/s1. The number of aliphatic hydroxyl groups is 2. The molecule has 0 amide bonds. The van der Waals surface area contributed by atoms with Gasteiger partial charge in [0.15, 0.2) is 0 Å². The summed E-state index contributed by atoms with van der Waals surface area (Å²) in [5.41, 5.74) is 0.468. The lowest BCUT2D eigenvalue weighted by Crippen LogP contribution is -2.45. The summed E-state index contributed by atoms with van der Waals surface area (Å²) in [7, 11) is 0. The lowest BCUT2D eigenvalue weighted by atomic mass is 9.73. The average molecular weight is 573 g/mol. The molecule has 2 aliphatic heterocycles. The van der Waals surface area contributed by atoms with Gasteiger partial charge >= 0.3 is 5.97 Å². The fourth-order valence-corrected chi connectivity index (χ4v) is 5.91. The average Bonchev–Trinajstić information content (AvgIpc) is 3.38. The Hall–Kier alpha value is -1.13. The van der Waals surface area contributed by atoms with Crippen molar-refractivity contribution in [2.45, 2.75) is 103 Å². The predicted molar refractivity (Wildman–Crippen MR) is 139 cm³/mol. The van der Waals surface area contributed by atoms with Crippen LogP contribution in [-0.4, -0.2) is 57.5 Å². The van der Waals surface area contributed by atoms with E-state index >= 15 is 0 Å². The molecule has 0 spiro atoms. The van der Waals surface area contributed by atoms with E-state index in [1.54, 1.807) is 32.1 Å². The zero-order valence-electron chi connectivity index (χ0n) is 21.2. The van der Waals surface area contributed by atoms with Gasteiger partial charge in [0.05, 0.1) is 47.3 Å². The summed E-state index contributed by atoms with van der Waals surface area (Å²) < 4.78 is 11.7. The van der Waals surface area contributed by atoms with Gasteiger partial charge in [-0.3, -0.25) is 9.59 Å². The molecule has 7 atom stereocenters. The quantitative estimate of drug-likeness (QED) is 0.308. The first-order valence-electron chi connectivity index (χ1n) is 12.4. The molecule has 9 heteroatoms. The number of thiazole rings is 1. The van der Waals surface area contributed by atoms with Gasteiger partial charge in [0.2, 0.25) is 0 Å². The first-order valence-corrected chi connectivity index (χ1v) is 14.4. The van der Waals surface area contributed by atoms with Crippen molar-refractivity contribution in [3.63, 3.8) is 0 Å². The minimum absolute atomic E-state index is 0.000289. The number of fused-ring (bicyclic) bond motifs is 1. The summed E-state index contributed by atoms with van der Waals surface area (Å²) in [6.45, 7) is 8.81. The van der Waals surface area contributed by atoms with Crippen LogP contribution in [0.3, 0.4) is 0 Å². The number of hydrogen-bond acceptors (Lipinski definition) is 8. The van der Waals surface area contributed by atoms with Crippen LogP contribution in [0.1, 0.15) is 77.4 Å². The van der Waals surface area contributed by atoms with E-state index in [0.29, 0.717) is 11.8 Å². The number of aliphatic hydroxyl groups excluding tert-OH is 2. The fraction of sp³-hybridized carbons (Fsp3) is 0.731. The van der Waals surface area contributed by atoms with Gasteiger partial charge in [0.1, 0.15) is 16.9 Å². The molecule has 35 heavy (non-hydrogen) atoms. The molecule has 0 radical (unpaired) electrons. The number of carbonyl (C=O) groups is 2. The molecule has 1 aromatic heterocycles. The number of nitrogens with zero attached hydrogens (tertiary/aromatic N) is 1. The lowest BCUT2D eigenvalue weighted by molar-refractivity contribution is -0.154. The van der Waals surface area contributed by atoms with Gasteiger partial charge in [0.25, 0.3) is 0 Å². The highest BCUT2D eigenvalue weighted by atomic mass is 79.9. The van der Waals surface area contributed by atoms with Crippen LogP contribution in [0.2, 0.25) is 0 Å². The normalized spacial score (nSPS) is 35.3. The van der Waals surface area contributed by atoms with Crippen molar-refractivity contribution in [3.8, 4) is 0 Å². The van der Waals surface area contributed by atoms with Crippen molar-refractivity contribution in [1.29, 1.82) is 0 Å². The summed E-state index contributed by atoms with van der Waals surface area (Å²) in [6, 6.07) is 0. The maximum atomic E-state index is 13.2. The fourth-order valence-electron chi connectivity index (χ4n) is 4.79. The molecule has 0 unspecified atom stereocenters. The van der Waals surface area contributed by atoms with Gasteiger partial charge in [-0.1, -0.05) is 50.0 Å². The molecule has 2 aliphatic rings. The number of cyclic esters (lactones) is 1. The largest absolute Gasteiger partial charge is 0.458 e. The van der Waals surface area contributed by atoms with Crippen LogP contribution in [0.15, 0.2) is 11.0 Å². The Morgan fingerprint density at radius 2 is 1.97 bits per heavy atom. The maximum absolute atomic E-state index is 13.2. The van der Waals surface area contributed by atoms with E-state index in [1.165, 1.54) is 0 Å². The third kappa shape index (κ3) is 7.22. The first-order chi connectivity index (χ1) is 16.4. The summed E-state index contributed by atoms with van der Waals surface area (Å²) in [4.78, 5) is 30.6. The highest BCUT2D eigenvalue weighted by Gasteiger charge is 2.44. The Labute approximate surface area is 220 Å². The maximum Gasteiger partial charge on any atom is 0.309 e. The van der Waals surface area contributed by atoms with Crippen LogP contribution in [0.25, 0.3) is 6.08 Å². The van der Waals surface area contributed by atoms with Crippen LogP contribution in [0, 0.1) is 17.3 Å². The number of epoxide rings is 1. The summed E-state index contributed by atoms with van der Waals surface area (Å²) in [6.07, 6.45) is 2.22. The minimum Gasteiger partial charge on any atom is -0.458 e. The van der Waals surface area contributed by atoms with Crippen LogP contribution < -0.4 is 0 Å². The van der Waals surface area contributed by atoms with E-state index in [1.807, 2.05) is 25.3 Å². The Balaban J connectivity index is 1.81. The molecule has 196 valence electrons. The number of carbonyl (C=O) groups excluding carboxylic acids is 2. The molecular weight excluding hydrogens is 534 g/mol. The van der Waals surface area contributed by atoms with Crippen LogP contribution in [-0.2, 0) is 24.4 Å². The van der Waals surface area contributed by atoms with Gasteiger partial charge < -0.3 is 19.7 Å². The van der Waals surface area contributed by atoms with Crippen molar-refractivity contribution in [2.75, 3.05) is 0 Å². The highest BCUT2D eigenvalue weighted by Crippen LogP contribution is 2.36. The molecule has 1 aromatic rings. The second-order valence-electron chi connectivity index (χ2n) is 10.6. The number of aromatic nitrogens is 1. The van der Waals surface area contributed by atoms with E-state index in [4.69, 9.17) is 9.47 Å². The predicted octanol–water partition coefficient (Wildman–Crippen LogP) is 4.67. The van der Waals surface area contributed by atoms with E-state index in [-0.39, 0.29) is 30.3 Å². The molecule has 2 fully saturated rings. The van der Waals surface area contributed by atoms with Gasteiger partial charge in [-0.15, -0.1) is 11.3 Å². The SMILES string of the molecule is CC(=Cc1csc(CBr)n1)[C@@H]1C[C@@H]2O[C@@H]2CCC[C@H](C)[C@H](O)[C@@H](C)C(=O)C(C)(C)[C@@H](O)CC(=O)O1. The molecule has 7 nitrogen and oxygen atoms in total. The van der Waals surface area contributed by atoms with Gasteiger partial charge in [0, 0.05) is 17.7 Å². The lowest BCUT2D eigenvalue weighted by Gasteiger charge is -2.34. The van der Waals surface area contributed by atoms with Gasteiger partial charge in [-0.2, -0.15) is 0 Å². The Bertz CT molecular complexity index is 931. The topological polar surface area (TPSA) is 109 Å². The third-order valence-electron chi connectivity index (χ3n) is 7.46. The van der Waals surface area contributed by atoms with Crippen molar-refractivity contribution in [1.82, 2.24) is 4.98 Å². The van der Waals surface area contributed by atoms with E-state index < -0.39 is 35.6 Å². The summed E-state index contributed by atoms with van der Waals surface area (Å²) in [5.74, 6) is -1.53. The van der Waals surface area contributed by atoms with Crippen molar-refractivity contribution in [2.24, 2.45) is 17.3 Å². The molecule has 3 heterocycles. The van der Waals surface area contributed by atoms with E-state index in [0.717, 1.165) is 35.5 Å². The number of ether oxygens (including phenoxy) is 2. The van der Waals surface area contributed by atoms with Crippen LogP contribution in [0.4, 0.5) is 0 Å². The number of ketones is 1. The molecular formula is C26H38BrNO6S. The Kier molecular flexibility index (Phi) is 9.71. The van der Waals surface area contributed by atoms with Crippen molar-refractivity contribution in [3.05, 3.63) is 21.7 Å². The number of Topliss-reactive ketones (excluding diaryl/α,β-unsaturated/α-hetero) is 1. The van der Waals surface area contributed by atoms with Crippen molar-refractivity contribution >= 4 is 45.1 Å². The minimum atomic E-state index is -1.23. The molecule has 2 N–H and O–H groups in total. The van der Waals surface area contributed by atoms with Gasteiger partial charge in [-0.25, -0.2) is 4.98 Å². The zero-order valence-corrected chi connectivity index (χ0v) is 23.6. The Morgan fingerprint density at radius 1 is 1.26 bits per heavy atom. The second kappa shape index (κ2) is 11.9. The van der Waals surface area contributed by atoms with E-state index in [9.17, 15) is 19.8 Å². The second-order valence-corrected chi connectivity index (χ2v) is 12.1. The van der Waals surface area contributed by atoms with Crippen LogP contribution >= 0.6 is 27.3 Å². The van der Waals surface area contributed by atoms with E-state index in [2.05, 4.69) is 20.9 Å². The van der Waals surface area contributed by atoms with Gasteiger partial charge in [-0.05, 0) is 37.3 Å². The molecule has 2 saturated heterocycles. The number of rotatable bonds is 3. The molecule has 0 saturated carbocycles. The molecule has 0 bridgehead atoms. The number of esters is 1. The summed E-state index contributed by atoms with van der Waals surface area (Å²) >= 11 is 4.97. The summed E-state index contributed by atoms with van der Waals surface area (Å²) in [5, 5.41) is 25.2. The smallest absolute Gasteiger partial charge is 0.309 e. The Morgan fingerprint density at radius 3 is 2.63 bits per heavy atom. The molecule has 0 aliphatic carbocycles. The highest BCUT2D eigenvalue weighted by molar-refractivity contribution is 9.08. The zero-order chi connectivity index (χ0) is 25.9. The third-order valence-corrected chi connectivity index (χ3v) is 9.23. The van der Waals surface area contributed by atoms with Crippen LogP contribution in [0.5, 0.6) is 0 Å². The van der Waals surface area contributed by atoms with Crippen molar-refractivity contribution < 1.29 is 29.3 Å². The number of alkyl halides is 1. The number of hydrogen-bond donors (Lipinski definition) is 2. The monoisotopic (exact) mass is 571 g/mol.